The highest BCUT2D eigenvalue weighted by Crippen LogP contribution is 2.50. The molecule has 880 valence electrons. The molecule has 11 heterocycles. The Kier molecular flexibility index (Phi) is 49.2. The van der Waals surface area contributed by atoms with Gasteiger partial charge in [0.15, 0.2) is 62.9 Å². The first-order valence-electron chi connectivity index (χ1n) is 52.0. The van der Waals surface area contributed by atoms with Crippen LogP contribution in [-0.4, -0.2) is 484 Å². The lowest BCUT2D eigenvalue weighted by molar-refractivity contribution is -0.388. The molecule has 11 aliphatic heterocycles. The monoisotopic (exact) mass is 2230 g/mol. The van der Waals surface area contributed by atoms with Crippen LogP contribution in [0.1, 0.15) is 105 Å². The third-order valence-electron chi connectivity index (χ3n) is 32.2. The maximum Gasteiger partial charge on any atom is 0.218 e. The fraction of sp³-hybridized carbons (Fsp3) is 1.00. The van der Waals surface area contributed by atoms with Gasteiger partial charge in [-0.25, -0.2) is 25.3 Å². The summed E-state index contributed by atoms with van der Waals surface area (Å²) < 4.78 is 381. The Bertz CT molecular complexity index is 4290. The number of methoxy groups -OCH3 is 17. The zero-order valence-corrected chi connectivity index (χ0v) is 94.6. The molecule has 0 radical (unpaired) electrons. The van der Waals surface area contributed by atoms with Crippen LogP contribution in [0, 0.1) is 76.9 Å². The molecule has 22 unspecified atom stereocenters. The lowest BCUT2D eigenvalue weighted by Crippen LogP contribution is -2.68. The summed E-state index contributed by atoms with van der Waals surface area (Å²) >= 11 is 0. The van der Waals surface area contributed by atoms with Gasteiger partial charge in [0, 0.05) is 164 Å². The number of hydrogen-bond acceptors (Lipinski definition) is 50. The molecule has 53 heteroatoms. The second kappa shape index (κ2) is 58.3. The number of ether oxygens (including phenoxy) is 38. The van der Waals surface area contributed by atoms with Gasteiger partial charge in [-0.2, -0.15) is 0 Å². The van der Waals surface area contributed by atoms with Crippen molar-refractivity contribution >= 4 is 31.2 Å². The second-order valence-electron chi connectivity index (χ2n) is 41.3. The van der Waals surface area contributed by atoms with Crippen LogP contribution in [0.15, 0.2) is 0 Å². The highest BCUT2D eigenvalue weighted by atomic mass is 32.3. The topological polar surface area (TPSA) is 550 Å². The molecule has 11 saturated heterocycles. The zero-order chi connectivity index (χ0) is 111. The molecule has 11 rings (SSSR count). The molecule has 0 aromatic carbocycles. The molecule has 0 saturated carbocycles. The lowest BCUT2D eigenvalue weighted by atomic mass is 9.81. The first-order chi connectivity index (χ1) is 71.8. The summed E-state index contributed by atoms with van der Waals surface area (Å²) in [5.74, 6) is -3.78. The van der Waals surface area contributed by atoms with Crippen molar-refractivity contribution in [2.45, 2.75) is 362 Å². The molecular weight excluding hydrogens is 2060 g/mol. The first-order valence-corrected chi connectivity index (χ1v) is 55.3. The summed E-state index contributed by atoms with van der Waals surface area (Å²) in [5.41, 5.74) is 0. The van der Waals surface area contributed by atoms with Crippen molar-refractivity contribution in [3.63, 3.8) is 0 Å². The van der Waals surface area contributed by atoms with Crippen LogP contribution in [0.5, 0.6) is 0 Å². The van der Waals surface area contributed by atoms with Gasteiger partial charge in [0.25, 0.3) is 0 Å². The van der Waals surface area contributed by atoms with E-state index in [1.165, 1.54) is 28.4 Å². The quantitative estimate of drug-likeness (QED) is 0.0623. The molecule has 0 N–H and O–H groups in total. The summed E-state index contributed by atoms with van der Waals surface area (Å²) in [6.45, 7) is 27.6. The zero-order valence-electron chi connectivity index (χ0n) is 93.2. The Morgan fingerprint density at radius 3 is 0.587 bits per heavy atom. The normalized spacial score (nSPS) is 46.4. The molecule has 150 heavy (non-hydrogen) atoms. The predicted molar refractivity (Wildman–Crippen MR) is 513 cm³/mol. The molecule has 0 bridgehead atoms. The average Bonchev–Trinajstić information content (AvgIpc) is 0.754. The largest absolute Gasteiger partial charge is 0.726 e. The Morgan fingerprint density at radius 1 is 0.180 bits per heavy atom. The Morgan fingerprint density at radius 2 is 0.353 bits per heavy atom. The average molecular weight is 2240 g/mol. The van der Waals surface area contributed by atoms with Gasteiger partial charge in [-0.15, -0.1) is 0 Å². The first kappa shape index (κ1) is 127. The van der Waals surface area contributed by atoms with E-state index in [-0.39, 0.29) is 118 Å². The van der Waals surface area contributed by atoms with E-state index in [1.807, 2.05) is 48.5 Å². The van der Waals surface area contributed by atoms with Crippen molar-refractivity contribution in [1.82, 2.24) is 0 Å². The van der Waals surface area contributed by atoms with Crippen molar-refractivity contribution in [1.29, 1.82) is 0 Å². The van der Waals surface area contributed by atoms with Gasteiger partial charge in [-0.1, -0.05) is 90.0 Å². The highest BCUT2D eigenvalue weighted by Gasteiger charge is 2.63. The van der Waals surface area contributed by atoms with Crippen LogP contribution >= 0.6 is 0 Å². The van der Waals surface area contributed by atoms with E-state index in [4.69, 9.17) is 194 Å². The molecule has 0 aliphatic carbocycles. The van der Waals surface area contributed by atoms with Crippen LogP contribution in [0.2, 0.25) is 0 Å². The predicted octanol–water partition coefficient (Wildman–Crippen LogP) is 3.27. The van der Waals surface area contributed by atoms with Crippen LogP contribution < -0.4 is 0 Å². The van der Waals surface area contributed by atoms with Crippen molar-refractivity contribution < 1.29 is 233 Å². The summed E-state index contributed by atoms with van der Waals surface area (Å²) in [6.07, 6.45) is -46.1. The minimum atomic E-state index is -5.82. The van der Waals surface area contributed by atoms with E-state index in [2.05, 4.69) is 48.5 Å². The van der Waals surface area contributed by atoms with Crippen LogP contribution in [0.3, 0.4) is 0 Å². The van der Waals surface area contributed by atoms with Crippen LogP contribution in [0.25, 0.3) is 0 Å². The summed E-state index contributed by atoms with van der Waals surface area (Å²) in [4.78, 5) is 0. The van der Waals surface area contributed by atoms with Gasteiger partial charge in [0.1, 0.15) is 134 Å². The fourth-order valence-corrected chi connectivity index (χ4v) is 24.6. The molecular formula is C97H171O50S3-3. The molecule has 11 fully saturated rings. The van der Waals surface area contributed by atoms with Gasteiger partial charge in [0.2, 0.25) is 31.2 Å². The SMILES string of the molecule is [3H]C[C@H]1O[C@H](O[C@H]2C(C)C(C)[C@@H](O[C@H]3C(COC)O[C@@H](O[C@H]4C(COC)O[C@@H](O[C@H]5C(COC)O[C@@H](O[C@H]6C(COC)O[C@@H](O[C@H]7C(COC)O[C@@H](O[C@H]8C(COC)O[C@@H](C)C(C)[C@H]8C)C(OC)[C@H]7C)C(C)[C@H]6C)C(OC)[C@H]5C)C(C)[C@H]4C)C(OC)[C@H]3C)O[C@@H]2COC)C(C)C(C)[C@@H]1O[C@@H]1OC(COC)[C@H](O[C@@H]2OC(COC)[C@H](O[C@@H]3OC(COC)[C@H](OC)[C@H](OS(=O)(=O)[O-])C3OC)[C@H](OS(=O)(=O)[O-])C2OC)[C@H](OS(=O)(=O)[O-])C1OC. The van der Waals surface area contributed by atoms with Gasteiger partial charge in [-0.3, -0.25) is 12.5 Å². The summed E-state index contributed by atoms with van der Waals surface area (Å²) in [6, 6.07) is 0. The molecule has 55 atom stereocenters. The smallest absolute Gasteiger partial charge is 0.218 e. The number of hydrogen-bond donors (Lipinski definition) is 0. The van der Waals surface area contributed by atoms with E-state index < -0.39 is 315 Å². The van der Waals surface area contributed by atoms with Crippen LogP contribution in [-0.2, 0) is 224 Å². The molecule has 0 aromatic heterocycles. The third-order valence-corrected chi connectivity index (χ3v) is 33.6. The Hall–Kier alpha value is -1.91. The molecule has 0 spiro atoms. The van der Waals surface area contributed by atoms with Crippen molar-refractivity contribution in [3.05, 3.63) is 0 Å². The minimum absolute atomic E-state index is 0.00839. The van der Waals surface area contributed by atoms with Gasteiger partial charge in [0.05, 0.1) is 127 Å². The molecule has 50 nitrogen and oxygen atoms in total. The standard InChI is InChI=1S/C97H174O50S3/c1-43-44(2)69(58(33-107-16)124-56(43)14)140-92-76(117-26)53(11)73(62(129-92)37-111-20)138-90-51(9)47(5)71(60(127-90)35-109-18)142-94-78(119-28)55(13)75(64(131-94)39-113-22)139-91-52(10)48(6)72(61(128-91)36-110-19)141-93-77(118-27)54(12)74(63(130-93)38-112-21)137-89-50(8)46(4)70(59(126-89)34-108-17)136-88-49(7)45(3)68(57(15)125-88)135-95-86(122-31)83(146-149(101,102)103)80(66(133-95)41-115-24)144-97-87(123-32)84(147-150(104,105)106)81(67(134-97)42-116-25)143-96-85(121-30)82(145-148(98,99)100)79(120-29)65(132-96)40-114-23/h43-97H,33-42H2,1-32H3,(H,98,99,100)(H,101,102,103)(H,104,105,106)/p-3/t43?,44-,45?,46?,47-,48-,49?,50?,51?,52?,53+,54+,55+,56+,57-,58?,59-,60?,61?,62?,63?,64?,65?,66?,67?,68+,69-,70+,71-,72-,73-,74-,75-,76?,77?,78?,79+,80+,81+,82+,83+,84+,85?,86?,87?,88-,89-,90+,91+,92+,93+,94+,95+,96+,97+/m1/s1/i15T. The van der Waals surface area contributed by atoms with E-state index in [9.17, 15) is 38.9 Å². The van der Waals surface area contributed by atoms with E-state index in [0.29, 0.717) is 6.61 Å². The molecule has 11 aliphatic rings. The van der Waals surface area contributed by atoms with Crippen molar-refractivity contribution in [2.24, 2.45) is 76.9 Å². The second-order valence-corrected chi connectivity index (χ2v) is 44.4. The summed E-state index contributed by atoms with van der Waals surface area (Å²) in [7, 11) is 6.95. The lowest BCUT2D eigenvalue weighted by Gasteiger charge is -2.53. The van der Waals surface area contributed by atoms with E-state index in [0.717, 1.165) is 28.4 Å². The fourth-order valence-electron chi connectivity index (χ4n) is 23.1. The van der Waals surface area contributed by atoms with Crippen molar-refractivity contribution in [2.75, 3.05) is 187 Å². The Balaban J connectivity index is 0.730. The van der Waals surface area contributed by atoms with Gasteiger partial charge >= 0.3 is 0 Å². The van der Waals surface area contributed by atoms with E-state index >= 15 is 0 Å². The van der Waals surface area contributed by atoms with E-state index in [1.54, 1.807) is 64.0 Å². The van der Waals surface area contributed by atoms with Crippen LogP contribution in [0.4, 0.5) is 0 Å². The minimum Gasteiger partial charge on any atom is -0.726 e. The van der Waals surface area contributed by atoms with Gasteiger partial charge in [-0.05, 0) is 49.3 Å². The maximum absolute atomic E-state index is 13.1. The Labute approximate surface area is 885 Å². The highest BCUT2D eigenvalue weighted by molar-refractivity contribution is 7.81. The molecule has 0 amide bonds. The van der Waals surface area contributed by atoms with Crippen molar-refractivity contribution in [3.8, 4) is 0 Å². The number of rotatable bonds is 53. The third kappa shape index (κ3) is 30.6. The van der Waals surface area contributed by atoms with Gasteiger partial charge < -0.3 is 194 Å². The summed E-state index contributed by atoms with van der Waals surface area (Å²) in [5, 5.41) is 0. The maximum atomic E-state index is 13.1. The molecule has 0 aromatic rings.